The van der Waals surface area contributed by atoms with Crippen LogP contribution in [-0.4, -0.2) is 20.2 Å². The van der Waals surface area contributed by atoms with E-state index in [1.807, 2.05) is 0 Å². The van der Waals surface area contributed by atoms with E-state index in [9.17, 15) is 14.4 Å². The number of hydrogen-bond donors (Lipinski definition) is 1. The standard InChI is InChI=1S/C19H15FN2O3/c1-24-14-5-3-4-13-15(14)17(22)16(18(23)25-2)19(13,10-21)11-6-8-12(20)9-7-11/h3-9H,22H2,1-2H3. The Morgan fingerprint density at radius 3 is 2.44 bits per heavy atom. The summed E-state index contributed by atoms with van der Waals surface area (Å²) in [5, 5.41) is 10.1. The van der Waals surface area contributed by atoms with Crippen molar-refractivity contribution in [3.8, 4) is 11.8 Å². The second kappa shape index (κ2) is 5.95. The number of nitrogens with zero attached hydrogens (tertiary/aromatic N) is 1. The summed E-state index contributed by atoms with van der Waals surface area (Å²) in [6, 6.07) is 12.7. The fraction of sp³-hybridized carbons (Fsp3) is 0.158. The van der Waals surface area contributed by atoms with E-state index in [0.717, 1.165) is 0 Å². The fourth-order valence-corrected chi connectivity index (χ4v) is 3.30. The highest BCUT2D eigenvalue weighted by Gasteiger charge is 2.51. The van der Waals surface area contributed by atoms with E-state index in [4.69, 9.17) is 15.2 Å². The molecule has 2 aromatic carbocycles. The Hall–Kier alpha value is -3.33. The molecule has 0 saturated carbocycles. The molecule has 1 atom stereocenters. The number of carbonyl (C=O) groups is 1. The topological polar surface area (TPSA) is 85.3 Å². The van der Waals surface area contributed by atoms with Crippen LogP contribution in [0.1, 0.15) is 16.7 Å². The number of halogens is 1. The number of methoxy groups -OCH3 is 2. The average Bonchev–Trinajstić information content (AvgIpc) is 2.91. The molecule has 0 aromatic heterocycles. The molecule has 0 fully saturated rings. The molecule has 0 saturated heterocycles. The molecule has 126 valence electrons. The molecule has 0 heterocycles. The number of carbonyl (C=O) groups excluding carboxylic acids is 1. The first kappa shape index (κ1) is 16.5. The van der Waals surface area contributed by atoms with Crippen LogP contribution in [-0.2, 0) is 14.9 Å². The molecule has 0 radical (unpaired) electrons. The van der Waals surface area contributed by atoms with Crippen LogP contribution in [0.25, 0.3) is 5.70 Å². The molecule has 0 bridgehead atoms. The smallest absolute Gasteiger partial charge is 0.338 e. The quantitative estimate of drug-likeness (QED) is 0.869. The van der Waals surface area contributed by atoms with Gasteiger partial charge in [0.2, 0.25) is 0 Å². The van der Waals surface area contributed by atoms with Crippen molar-refractivity contribution in [3.05, 3.63) is 70.5 Å². The molecular formula is C19H15FN2O3. The van der Waals surface area contributed by atoms with Gasteiger partial charge in [-0.3, -0.25) is 0 Å². The third-order valence-electron chi connectivity index (χ3n) is 4.40. The van der Waals surface area contributed by atoms with Crippen LogP contribution in [0.4, 0.5) is 4.39 Å². The number of fused-ring (bicyclic) bond motifs is 1. The molecule has 2 N–H and O–H groups in total. The molecule has 1 aliphatic rings. The fourth-order valence-electron chi connectivity index (χ4n) is 3.30. The van der Waals surface area contributed by atoms with E-state index in [2.05, 4.69) is 6.07 Å². The van der Waals surface area contributed by atoms with Gasteiger partial charge in [0.05, 0.1) is 31.6 Å². The maximum Gasteiger partial charge on any atom is 0.338 e. The molecule has 3 rings (SSSR count). The lowest BCUT2D eigenvalue weighted by molar-refractivity contribution is -0.136. The minimum atomic E-state index is -1.51. The Kier molecular flexibility index (Phi) is 3.93. The number of nitriles is 1. The molecule has 25 heavy (non-hydrogen) atoms. The highest BCUT2D eigenvalue weighted by atomic mass is 19.1. The third-order valence-corrected chi connectivity index (χ3v) is 4.40. The van der Waals surface area contributed by atoms with Crippen LogP contribution in [0, 0.1) is 17.1 Å². The van der Waals surface area contributed by atoms with Gasteiger partial charge < -0.3 is 15.2 Å². The Morgan fingerprint density at radius 1 is 1.20 bits per heavy atom. The minimum Gasteiger partial charge on any atom is -0.496 e. The molecular weight excluding hydrogens is 323 g/mol. The lowest BCUT2D eigenvalue weighted by Crippen LogP contribution is -2.31. The average molecular weight is 338 g/mol. The number of hydrogen-bond acceptors (Lipinski definition) is 5. The lowest BCUT2D eigenvalue weighted by Gasteiger charge is -2.25. The molecule has 0 aliphatic heterocycles. The Morgan fingerprint density at radius 2 is 1.88 bits per heavy atom. The van der Waals surface area contributed by atoms with Crippen LogP contribution < -0.4 is 10.5 Å². The van der Waals surface area contributed by atoms with Crippen molar-refractivity contribution in [2.45, 2.75) is 5.41 Å². The maximum atomic E-state index is 13.4. The van der Waals surface area contributed by atoms with E-state index >= 15 is 0 Å². The Bertz CT molecular complexity index is 929. The van der Waals surface area contributed by atoms with Gasteiger partial charge in [0.1, 0.15) is 17.0 Å². The van der Waals surface area contributed by atoms with E-state index in [-0.39, 0.29) is 11.3 Å². The zero-order valence-electron chi connectivity index (χ0n) is 13.7. The zero-order valence-corrected chi connectivity index (χ0v) is 13.7. The SMILES string of the molecule is COC(=O)C1=C(N)c2c(OC)cccc2C1(C#N)c1ccc(F)cc1. The van der Waals surface area contributed by atoms with Gasteiger partial charge in [0.25, 0.3) is 0 Å². The van der Waals surface area contributed by atoms with E-state index in [1.54, 1.807) is 18.2 Å². The van der Waals surface area contributed by atoms with Crippen molar-refractivity contribution < 1.29 is 18.7 Å². The minimum absolute atomic E-state index is 0.00334. The van der Waals surface area contributed by atoms with Gasteiger partial charge in [0, 0.05) is 5.56 Å². The number of nitrogens with two attached hydrogens (primary N) is 1. The summed E-state index contributed by atoms with van der Waals surface area (Å²) in [5.74, 6) is -0.727. The highest BCUT2D eigenvalue weighted by molar-refractivity contribution is 6.06. The first-order chi connectivity index (χ1) is 12.0. The molecule has 0 amide bonds. The van der Waals surface area contributed by atoms with Gasteiger partial charge >= 0.3 is 5.97 Å². The van der Waals surface area contributed by atoms with E-state index in [1.165, 1.54) is 38.5 Å². The summed E-state index contributed by atoms with van der Waals surface area (Å²) >= 11 is 0. The molecule has 6 heteroatoms. The lowest BCUT2D eigenvalue weighted by atomic mass is 9.72. The van der Waals surface area contributed by atoms with Gasteiger partial charge in [-0.25, -0.2) is 9.18 Å². The van der Waals surface area contributed by atoms with Crippen LogP contribution in [0.3, 0.4) is 0 Å². The van der Waals surface area contributed by atoms with Crippen molar-refractivity contribution in [1.82, 2.24) is 0 Å². The van der Waals surface area contributed by atoms with Crippen molar-refractivity contribution in [2.75, 3.05) is 14.2 Å². The molecule has 0 spiro atoms. The Labute approximate surface area is 144 Å². The number of ether oxygens (including phenoxy) is 2. The summed E-state index contributed by atoms with van der Waals surface area (Å²) in [6.45, 7) is 0. The first-order valence-electron chi connectivity index (χ1n) is 7.45. The molecule has 2 aromatic rings. The first-order valence-corrected chi connectivity index (χ1v) is 7.45. The molecule has 1 aliphatic carbocycles. The summed E-state index contributed by atoms with van der Waals surface area (Å²) in [7, 11) is 2.70. The second-order valence-electron chi connectivity index (χ2n) is 5.53. The van der Waals surface area contributed by atoms with Gasteiger partial charge in [-0.2, -0.15) is 5.26 Å². The molecule has 1 unspecified atom stereocenters. The van der Waals surface area contributed by atoms with Crippen LogP contribution in [0.5, 0.6) is 5.75 Å². The van der Waals surface area contributed by atoms with Crippen molar-refractivity contribution in [3.63, 3.8) is 0 Å². The predicted molar refractivity (Wildman–Crippen MR) is 88.9 cm³/mol. The summed E-state index contributed by atoms with van der Waals surface area (Å²) in [5.41, 5.74) is 6.24. The predicted octanol–water partition coefficient (Wildman–Crippen LogP) is 2.50. The number of rotatable bonds is 3. The monoisotopic (exact) mass is 338 g/mol. The van der Waals surface area contributed by atoms with Gasteiger partial charge in [-0.05, 0) is 29.3 Å². The van der Waals surface area contributed by atoms with Crippen molar-refractivity contribution >= 4 is 11.7 Å². The van der Waals surface area contributed by atoms with E-state index in [0.29, 0.717) is 22.4 Å². The Balaban J connectivity index is 2.43. The largest absolute Gasteiger partial charge is 0.496 e. The van der Waals surface area contributed by atoms with Gasteiger partial charge in [-0.1, -0.05) is 24.3 Å². The maximum absolute atomic E-state index is 13.4. The zero-order chi connectivity index (χ0) is 18.2. The van der Waals surface area contributed by atoms with Crippen LogP contribution in [0.15, 0.2) is 48.0 Å². The van der Waals surface area contributed by atoms with Crippen molar-refractivity contribution in [2.24, 2.45) is 5.73 Å². The third kappa shape index (κ3) is 2.17. The number of esters is 1. The van der Waals surface area contributed by atoms with Crippen LogP contribution >= 0.6 is 0 Å². The summed E-state index contributed by atoms with van der Waals surface area (Å²) in [4.78, 5) is 12.5. The van der Waals surface area contributed by atoms with Gasteiger partial charge in [0.15, 0.2) is 0 Å². The van der Waals surface area contributed by atoms with E-state index < -0.39 is 17.2 Å². The summed E-state index contributed by atoms with van der Waals surface area (Å²) in [6.07, 6.45) is 0. The second-order valence-corrected chi connectivity index (χ2v) is 5.53. The van der Waals surface area contributed by atoms with Crippen LogP contribution in [0.2, 0.25) is 0 Å². The van der Waals surface area contributed by atoms with Gasteiger partial charge in [-0.15, -0.1) is 0 Å². The molecule has 5 nitrogen and oxygen atoms in total. The highest BCUT2D eigenvalue weighted by Crippen LogP contribution is 2.51. The number of benzene rings is 2. The normalized spacial score (nSPS) is 18.5. The van der Waals surface area contributed by atoms with Crippen molar-refractivity contribution in [1.29, 1.82) is 5.26 Å². The summed E-state index contributed by atoms with van der Waals surface area (Å²) < 4.78 is 23.6.